The first-order valence-electron chi connectivity index (χ1n) is 5.10. The molecule has 1 aromatic heterocycles. The number of nitrogens with zero attached hydrogens (tertiary/aromatic N) is 1. The van der Waals surface area contributed by atoms with E-state index in [0.29, 0.717) is 0 Å². The highest BCUT2D eigenvalue weighted by Gasteiger charge is 2.07. The quantitative estimate of drug-likeness (QED) is 0.623. The van der Waals surface area contributed by atoms with Gasteiger partial charge in [0.2, 0.25) is 0 Å². The third-order valence-electron chi connectivity index (χ3n) is 2.99. The highest BCUT2D eigenvalue weighted by Crippen LogP contribution is 2.30. The lowest BCUT2D eigenvalue weighted by Gasteiger charge is -1.98. The van der Waals surface area contributed by atoms with Crippen LogP contribution in [0.25, 0.3) is 21.8 Å². The number of nitrogen functional groups attached to an aromatic ring is 1. The molecule has 3 heteroatoms. The van der Waals surface area contributed by atoms with E-state index >= 15 is 0 Å². The molecule has 0 saturated carbocycles. The molecule has 2 N–H and O–H groups in total. The lowest BCUT2D eigenvalue weighted by atomic mass is 10.1. The van der Waals surface area contributed by atoms with Gasteiger partial charge in [0, 0.05) is 33.5 Å². The number of aromatic nitrogens is 1. The van der Waals surface area contributed by atoms with Crippen LogP contribution >= 0.6 is 15.9 Å². The summed E-state index contributed by atoms with van der Waals surface area (Å²) in [5.41, 5.74) is 9.02. The van der Waals surface area contributed by atoms with E-state index in [9.17, 15) is 0 Å². The minimum Gasteiger partial charge on any atom is -0.399 e. The largest absolute Gasteiger partial charge is 0.399 e. The Hall–Kier alpha value is -1.48. The molecule has 16 heavy (non-hydrogen) atoms. The van der Waals surface area contributed by atoms with Crippen molar-refractivity contribution in [3.05, 3.63) is 40.9 Å². The molecule has 0 aliphatic heterocycles. The third-order valence-corrected chi connectivity index (χ3v) is 3.49. The molecule has 3 aromatic rings. The molecule has 0 bridgehead atoms. The topological polar surface area (TPSA) is 30.9 Å². The number of anilines is 1. The van der Waals surface area contributed by atoms with Crippen molar-refractivity contribution in [1.82, 2.24) is 4.57 Å². The Labute approximate surface area is 102 Å². The SMILES string of the molecule is Cn1c2cc(N)ccc2c2ccc(Br)cc21. The van der Waals surface area contributed by atoms with Crippen molar-refractivity contribution in [2.45, 2.75) is 0 Å². The third kappa shape index (κ3) is 1.25. The molecule has 2 aromatic carbocycles. The zero-order valence-electron chi connectivity index (χ0n) is 8.87. The van der Waals surface area contributed by atoms with E-state index in [-0.39, 0.29) is 0 Å². The monoisotopic (exact) mass is 274 g/mol. The average molecular weight is 275 g/mol. The lowest BCUT2D eigenvalue weighted by molar-refractivity contribution is 1.01. The molecule has 1 heterocycles. The standard InChI is InChI=1S/C13H11BrN2/c1-16-12-6-8(14)2-4-10(12)11-5-3-9(15)7-13(11)16/h2-7H,15H2,1H3. The van der Waals surface area contributed by atoms with Crippen LogP contribution in [0.3, 0.4) is 0 Å². The molecule has 80 valence electrons. The molecule has 0 aliphatic rings. The van der Waals surface area contributed by atoms with E-state index < -0.39 is 0 Å². The second kappa shape index (κ2) is 3.25. The molecule has 0 unspecified atom stereocenters. The minimum absolute atomic E-state index is 0.803. The van der Waals surface area contributed by atoms with Crippen LogP contribution in [0, 0.1) is 0 Å². The van der Waals surface area contributed by atoms with Gasteiger partial charge in [-0.15, -0.1) is 0 Å². The van der Waals surface area contributed by atoms with Crippen LogP contribution in [0.5, 0.6) is 0 Å². The van der Waals surface area contributed by atoms with Crippen LogP contribution < -0.4 is 5.73 Å². The first-order chi connectivity index (χ1) is 7.66. The molecule has 2 nitrogen and oxygen atoms in total. The van der Waals surface area contributed by atoms with Crippen LogP contribution in [0.4, 0.5) is 5.69 Å². The number of hydrogen-bond acceptors (Lipinski definition) is 1. The zero-order chi connectivity index (χ0) is 11.3. The molecule has 0 aliphatic carbocycles. The van der Waals surface area contributed by atoms with Gasteiger partial charge in [0.25, 0.3) is 0 Å². The van der Waals surface area contributed by atoms with Crippen LogP contribution in [0.15, 0.2) is 40.9 Å². The number of nitrogens with two attached hydrogens (primary N) is 1. The van der Waals surface area contributed by atoms with E-state index in [0.717, 1.165) is 10.2 Å². The fourth-order valence-electron chi connectivity index (χ4n) is 2.19. The van der Waals surface area contributed by atoms with Crippen molar-refractivity contribution in [2.24, 2.45) is 7.05 Å². The minimum atomic E-state index is 0.803. The first-order valence-corrected chi connectivity index (χ1v) is 5.89. The molecule has 0 radical (unpaired) electrons. The van der Waals surface area contributed by atoms with Crippen molar-refractivity contribution in [3.8, 4) is 0 Å². The van der Waals surface area contributed by atoms with Gasteiger partial charge in [0.05, 0.1) is 5.52 Å². The van der Waals surface area contributed by atoms with Gasteiger partial charge < -0.3 is 10.3 Å². The number of fused-ring (bicyclic) bond motifs is 3. The smallest absolute Gasteiger partial charge is 0.0509 e. The Balaban J connectivity index is 2.59. The Morgan fingerprint density at radius 3 is 2.38 bits per heavy atom. The number of rotatable bonds is 0. The summed E-state index contributed by atoms with van der Waals surface area (Å²) in [4.78, 5) is 0. The summed E-state index contributed by atoms with van der Waals surface area (Å²) in [6.45, 7) is 0. The van der Waals surface area contributed by atoms with E-state index in [2.05, 4.69) is 51.8 Å². The van der Waals surface area contributed by atoms with Gasteiger partial charge in [-0.05, 0) is 24.3 Å². The van der Waals surface area contributed by atoms with Gasteiger partial charge in [0.15, 0.2) is 0 Å². The highest BCUT2D eigenvalue weighted by atomic mass is 79.9. The maximum absolute atomic E-state index is 5.82. The molecule has 3 rings (SSSR count). The normalized spacial score (nSPS) is 11.4. The van der Waals surface area contributed by atoms with Gasteiger partial charge in [-0.1, -0.05) is 28.1 Å². The first kappa shape index (κ1) is 9.73. The van der Waals surface area contributed by atoms with Crippen LogP contribution in [-0.2, 0) is 7.05 Å². The summed E-state index contributed by atoms with van der Waals surface area (Å²) >= 11 is 3.50. The van der Waals surface area contributed by atoms with Crippen molar-refractivity contribution in [3.63, 3.8) is 0 Å². The summed E-state index contributed by atoms with van der Waals surface area (Å²) < 4.78 is 3.27. The predicted octanol–water partition coefficient (Wildman–Crippen LogP) is 3.68. The van der Waals surface area contributed by atoms with Crippen LogP contribution in [0.1, 0.15) is 0 Å². The number of halogens is 1. The summed E-state index contributed by atoms with van der Waals surface area (Å²) in [7, 11) is 2.07. The Bertz CT molecular complexity index is 639. The molecular weight excluding hydrogens is 264 g/mol. The van der Waals surface area contributed by atoms with Gasteiger partial charge in [0.1, 0.15) is 0 Å². The van der Waals surface area contributed by atoms with Crippen molar-refractivity contribution in [1.29, 1.82) is 0 Å². The van der Waals surface area contributed by atoms with E-state index in [1.165, 1.54) is 21.8 Å². The van der Waals surface area contributed by atoms with Crippen LogP contribution in [0.2, 0.25) is 0 Å². The number of benzene rings is 2. The van der Waals surface area contributed by atoms with Crippen LogP contribution in [-0.4, -0.2) is 4.57 Å². The number of hydrogen-bond donors (Lipinski definition) is 1. The molecule has 0 amide bonds. The molecule has 0 fully saturated rings. The van der Waals surface area contributed by atoms with Crippen molar-refractivity contribution >= 4 is 43.4 Å². The van der Waals surface area contributed by atoms with Crippen molar-refractivity contribution < 1.29 is 0 Å². The summed E-state index contributed by atoms with van der Waals surface area (Å²) in [5, 5.41) is 2.51. The Morgan fingerprint density at radius 2 is 1.62 bits per heavy atom. The van der Waals surface area contributed by atoms with E-state index in [1.807, 2.05) is 12.1 Å². The van der Waals surface area contributed by atoms with Gasteiger partial charge in [-0.2, -0.15) is 0 Å². The Morgan fingerprint density at radius 1 is 1.00 bits per heavy atom. The second-order valence-electron chi connectivity index (χ2n) is 4.00. The molecule has 0 spiro atoms. The Kier molecular flexibility index (Phi) is 1.98. The van der Waals surface area contributed by atoms with Gasteiger partial charge in [-0.3, -0.25) is 0 Å². The fourth-order valence-corrected chi connectivity index (χ4v) is 2.54. The molecule has 0 saturated heterocycles. The van der Waals surface area contributed by atoms with E-state index in [4.69, 9.17) is 5.73 Å². The summed E-state index contributed by atoms with van der Waals surface area (Å²) in [6, 6.07) is 12.4. The van der Waals surface area contributed by atoms with Gasteiger partial charge >= 0.3 is 0 Å². The highest BCUT2D eigenvalue weighted by molar-refractivity contribution is 9.10. The molecule has 0 atom stereocenters. The second-order valence-corrected chi connectivity index (χ2v) is 4.91. The van der Waals surface area contributed by atoms with Crippen molar-refractivity contribution in [2.75, 3.05) is 5.73 Å². The van der Waals surface area contributed by atoms with E-state index in [1.54, 1.807) is 0 Å². The average Bonchev–Trinajstić information content (AvgIpc) is 2.53. The molecular formula is C13H11BrN2. The number of aryl methyl sites for hydroxylation is 1. The zero-order valence-corrected chi connectivity index (χ0v) is 10.5. The van der Waals surface area contributed by atoms with Gasteiger partial charge in [-0.25, -0.2) is 0 Å². The maximum atomic E-state index is 5.82. The fraction of sp³-hybridized carbons (Fsp3) is 0.0769. The predicted molar refractivity (Wildman–Crippen MR) is 72.5 cm³/mol. The summed E-state index contributed by atoms with van der Waals surface area (Å²) in [6.07, 6.45) is 0. The lowest BCUT2D eigenvalue weighted by Crippen LogP contribution is -1.88. The maximum Gasteiger partial charge on any atom is 0.0509 e. The summed E-state index contributed by atoms with van der Waals surface area (Å²) in [5.74, 6) is 0.